The molecule has 0 amide bonds. The first-order valence-electron chi connectivity index (χ1n) is 4.52. The number of hydrogen-bond donors (Lipinski definition) is 2. The Labute approximate surface area is 97.5 Å². The summed E-state index contributed by atoms with van der Waals surface area (Å²) in [5, 5.41) is 7.32. The highest BCUT2D eigenvalue weighted by Crippen LogP contribution is 2.16. The van der Waals surface area contributed by atoms with E-state index in [-0.39, 0.29) is 5.95 Å². The van der Waals surface area contributed by atoms with E-state index in [2.05, 4.69) is 15.2 Å². The molecule has 1 heterocycles. The van der Waals surface area contributed by atoms with Crippen LogP contribution in [0.1, 0.15) is 5.56 Å². The molecule has 0 saturated heterocycles. The summed E-state index contributed by atoms with van der Waals surface area (Å²) >= 11 is 4.86. The summed E-state index contributed by atoms with van der Waals surface area (Å²) in [7, 11) is 0. The monoisotopic (exact) mass is 231 g/mol. The molecule has 80 valence electrons. The molecule has 0 saturated carbocycles. The fourth-order valence-electron chi connectivity index (χ4n) is 1.26. The van der Waals surface area contributed by atoms with E-state index in [1.54, 1.807) is 6.20 Å². The van der Waals surface area contributed by atoms with Crippen molar-refractivity contribution in [3.05, 3.63) is 36.0 Å². The maximum atomic E-state index is 5.50. The van der Waals surface area contributed by atoms with Gasteiger partial charge in [0, 0.05) is 11.1 Å². The van der Waals surface area contributed by atoms with Gasteiger partial charge in [0.2, 0.25) is 5.95 Å². The zero-order valence-electron chi connectivity index (χ0n) is 8.29. The molecule has 2 aromatic rings. The zero-order chi connectivity index (χ0) is 11.5. The smallest absolute Gasteiger partial charge is 0.240 e. The van der Waals surface area contributed by atoms with E-state index in [0.717, 1.165) is 11.1 Å². The van der Waals surface area contributed by atoms with E-state index >= 15 is 0 Å². The van der Waals surface area contributed by atoms with Crippen LogP contribution in [0.3, 0.4) is 0 Å². The Morgan fingerprint density at radius 3 is 2.44 bits per heavy atom. The average Bonchev–Trinajstić information content (AvgIpc) is 2.29. The van der Waals surface area contributed by atoms with Crippen LogP contribution >= 0.6 is 12.2 Å². The van der Waals surface area contributed by atoms with Gasteiger partial charge in [-0.2, -0.15) is 5.10 Å². The lowest BCUT2D eigenvalue weighted by Crippen LogP contribution is -2.08. The van der Waals surface area contributed by atoms with Gasteiger partial charge in [-0.25, -0.2) is 4.98 Å². The van der Waals surface area contributed by atoms with Crippen molar-refractivity contribution in [1.29, 1.82) is 0 Å². The van der Waals surface area contributed by atoms with Crippen molar-refractivity contribution in [3.8, 4) is 11.3 Å². The molecule has 0 aliphatic rings. The predicted molar refractivity (Wildman–Crippen MR) is 65.6 cm³/mol. The van der Waals surface area contributed by atoms with Crippen LogP contribution in [0.25, 0.3) is 11.3 Å². The van der Waals surface area contributed by atoms with Crippen LogP contribution in [-0.2, 0) is 0 Å². The Morgan fingerprint density at radius 2 is 1.88 bits per heavy atom. The minimum absolute atomic E-state index is 0.149. The van der Waals surface area contributed by atoms with E-state index in [1.165, 1.54) is 0 Å². The molecular weight excluding hydrogens is 222 g/mol. The fourth-order valence-corrected chi connectivity index (χ4v) is 1.40. The van der Waals surface area contributed by atoms with Crippen LogP contribution in [0.5, 0.6) is 0 Å². The first kappa shape index (κ1) is 10.4. The van der Waals surface area contributed by atoms with Crippen molar-refractivity contribution in [2.24, 2.45) is 5.73 Å². The lowest BCUT2D eigenvalue weighted by atomic mass is 10.1. The van der Waals surface area contributed by atoms with Gasteiger partial charge in [-0.1, -0.05) is 36.5 Å². The highest BCUT2D eigenvalue weighted by atomic mass is 32.1. The maximum absolute atomic E-state index is 5.50. The summed E-state index contributed by atoms with van der Waals surface area (Å²) in [6.45, 7) is 0. The molecular formula is C10H9N5S. The highest BCUT2D eigenvalue weighted by molar-refractivity contribution is 7.80. The van der Waals surface area contributed by atoms with E-state index < -0.39 is 0 Å². The molecule has 16 heavy (non-hydrogen) atoms. The van der Waals surface area contributed by atoms with Gasteiger partial charge in [0.1, 0.15) is 4.99 Å². The molecule has 0 unspecified atom stereocenters. The average molecular weight is 231 g/mol. The molecule has 0 aliphatic carbocycles. The molecule has 0 bridgehead atoms. The van der Waals surface area contributed by atoms with E-state index in [1.807, 2.05) is 24.3 Å². The number of thiocarbonyl (C=S) groups is 1. The predicted octanol–water partition coefficient (Wildman–Crippen LogP) is 0.755. The van der Waals surface area contributed by atoms with Crippen molar-refractivity contribution in [2.45, 2.75) is 0 Å². The lowest BCUT2D eigenvalue weighted by molar-refractivity contribution is 0.990. The number of hydrogen-bond acceptors (Lipinski definition) is 5. The first-order valence-corrected chi connectivity index (χ1v) is 4.93. The Morgan fingerprint density at radius 1 is 1.19 bits per heavy atom. The van der Waals surface area contributed by atoms with Crippen molar-refractivity contribution >= 4 is 23.2 Å². The second kappa shape index (κ2) is 4.19. The Kier molecular flexibility index (Phi) is 2.74. The molecule has 0 atom stereocenters. The third-order valence-corrected chi connectivity index (χ3v) is 2.28. The van der Waals surface area contributed by atoms with Crippen LogP contribution in [-0.4, -0.2) is 20.2 Å². The molecule has 0 aliphatic heterocycles. The summed E-state index contributed by atoms with van der Waals surface area (Å²) in [5.74, 6) is 0.149. The summed E-state index contributed by atoms with van der Waals surface area (Å²) in [6.07, 6.45) is 1.55. The number of nitrogens with two attached hydrogens (primary N) is 2. The summed E-state index contributed by atoms with van der Waals surface area (Å²) in [4.78, 5) is 4.43. The molecule has 1 aromatic carbocycles. The molecule has 0 fully saturated rings. The summed E-state index contributed by atoms with van der Waals surface area (Å²) in [6, 6.07) is 7.38. The van der Waals surface area contributed by atoms with Gasteiger partial charge in [0.25, 0.3) is 0 Å². The molecule has 2 rings (SSSR count). The van der Waals surface area contributed by atoms with Gasteiger partial charge in [-0.05, 0) is 0 Å². The van der Waals surface area contributed by atoms with Gasteiger partial charge >= 0.3 is 0 Å². The molecule has 4 N–H and O–H groups in total. The van der Waals surface area contributed by atoms with Crippen molar-refractivity contribution < 1.29 is 0 Å². The first-order chi connectivity index (χ1) is 7.66. The standard InChI is InChI=1S/C10H9N5S/c11-9(16)7-3-1-6(2-4-7)8-5-13-15-10(12)14-8/h1-5H,(H2,11,16)(H2,12,14,15). The quantitative estimate of drug-likeness (QED) is 0.741. The molecule has 1 aromatic heterocycles. The second-order valence-electron chi connectivity index (χ2n) is 3.14. The summed E-state index contributed by atoms with van der Waals surface area (Å²) < 4.78 is 0. The SMILES string of the molecule is NC(=S)c1ccc(-c2cnnc(N)n2)cc1. The third kappa shape index (κ3) is 2.12. The van der Waals surface area contributed by atoms with Crippen molar-refractivity contribution in [1.82, 2.24) is 15.2 Å². The lowest BCUT2D eigenvalue weighted by Gasteiger charge is -2.02. The minimum atomic E-state index is 0.149. The van der Waals surface area contributed by atoms with Crippen molar-refractivity contribution in [3.63, 3.8) is 0 Å². The van der Waals surface area contributed by atoms with Crippen LogP contribution in [0, 0.1) is 0 Å². The van der Waals surface area contributed by atoms with Crippen LogP contribution < -0.4 is 11.5 Å². The minimum Gasteiger partial charge on any atom is -0.389 e. The number of nitrogen functional groups attached to an aromatic ring is 1. The fraction of sp³-hybridized carbons (Fsp3) is 0. The number of nitrogens with zero attached hydrogens (tertiary/aromatic N) is 3. The number of anilines is 1. The largest absolute Gasteiger partial charge is 0.389 e. The molecule has 5 nitrogen and oxygen atoms in total. The van der Waals surface area contributed by atoms with E-state index in [0.29, 0.717) is 10.7 Å². The van der Waals surface area contributed by atoms with Gasteiger partial charge in [0.15, 0.2) is 0 Å². The number of aromatic nitrogens is 3. The van der Waals surface area contributed by atoms with Gasteiger partial charge in [0.05, 0.1) is 11.9 Å². The second-order valence-corrected chi connectivity index (χ2v) is 3.58. The van der Waals surface area contributed by atoms with Crippen LogP contribution in [0.2, 0.25) is 0 Å². The molecule has 0 spiro atoms. The van der Waals surface area contributed by atoms with Crippen molar-refractivity contribution in [2.75, 3.05) is 5.73 Å². The zero-order valence-corrected chi connectivity index (χ0v) is 9.11. The van der Waals surface area contributed by atoms with Gasteiger partial charge in [-0.15, -0.1) is 5.10 Å². The van der Waals surface area contributed by atoms with Crippen LogP contribution in [0.15, 0.2) is 30.5 Å². The molecule has 6 heteroatoms. The number of rotatable bonds is 2. The Bertz CT molecular complexity index is 523. The van der Waals surface area contributed by atoms with Gasteiger partial charge < -0.3 is 11.5 Å². The topological polar surface area (TPSA) is 90.7 Å². The highest BCUT2D eigenvalue weighted by Gasteiger charge is 2.02. The third-order valence-electron chi connectivity index (χ3n) is 2.04. The molecule has 0 radical (unpaired) electrons. The van der Waals surface area contributed by atoms with Gasteiger partial charge in [-0.3, -0.25) is 0 Å². The van der Waals surface area contributed by atoms with Crippen LogP contribution in [0.4, 0.5) is 5.95 Å². The maximum Gasteiger partial charge on any atom is 0.240 e. The summed E-state index contributed by atoms with van der Waals surface area (Å²) in [5.41, 5.74) is 13.3. The normalized spacial score (nSPS) is 10.0. The van der Waals surface area contributed by atoms with E-state index in [9.17, 15) is 0 Å². The number of benzene rings is 1. The Hall–Kier alpha value is -2.08. The Balaban J connectivity index is 2.38. The van der Waals surface area contributed by atoms with E-state index in [4.69, 9.17) is 23.7 Å².